The lowest BCUT2D eigenvalue weighted by molar-refractivity contribution is -0.643. The lowest BCUT2D eigenvalue weighted by atomic mass is 10.1. The normalized spacial score (nSPS) is 10.1. The molecule has 0 radical (unpaired) electrons. The summed E-state index contributed by atoms with van der Waals surface area (Å²) in [4.78, 5) is 11.9. The van der Waals surface area contributed by atoms with Crippen LogP contribution in [0.5, 0.6) is 0 Å². The van der Waals surface area contributed by atoms with Crippen LogP contribution in [0.1, 0.15) is 5.56 Å². The second-order valence-corrected chi connectivity index (χ2v) is 3.70. The smallest absolute Gasteiger partial charge is 0.259 e. The first-order valence-electron chi connectivity index (χ1n) is 5.09. The van der Waals surface area contributed by atoms with E-state index in [4.69, 9.17) is 0 Å². The third-order valence-electron chi connectivity index (χ3n) is 2.63. The van der Waals surface area contributed by atoms with Crippen LogP contribution in [0, 0.1) is 0 Å². The maximum atomic E-state index is 11.9. The predicted octanol–water partition coefficient (Wildman–Crippen LogP) is -2.76. The van der Waals surface area contributed by atoms with Crippen molar-refractivity contribution in [2.75, 3.05) is 7.05 Å². The van der Waals surface area contributed by atoms with Gasteiger partial charge in [-0.3, -0.25) is 4.79 Å². The second kappa shape index (κ2) is 5.14. The molecule has 0 bridgehead atoms. The third-order valence-corrected chi connectivity index (χ3v) is 2.63. The fourth-order valence-electron chi connectivity index (χ4n) is 1.86. The third kappa shape index (κ3) is 2.10. The van der Waals surface area contributed by atoms with E-state index in [0.717, 1.165) is 23.0 Å². The Labute approximate surface area is 101 Å². The maximum absolute atomic E-state index is 11.9. The summed E-state index contributed by atoms with van der Waals surface area (Å²) in [5, 5.41) is 3.13. The molecule has 0 atom stereocenters. The number of rotatable bonds is 2. The summed E-state index contributed by atoms with van der Waals surface area (Å²) in [6, 6.07) is 9.93. The van der Waals surface area contributed by atoms with Crippen molar-refractivity contribution in [2.45, 2.75) is 6.54 Å². The van der Waals surface area contributed by atoms with Crippen molar-refractivity contribution in [3.8, 4) is 0 Å². The Morgan fingerprint density at radius 3 is 2.69 bits per heavy atom. The van der Waals surface area contributed by atoms with Gasteiger partial charge in [0.1, 0.15) is 6.54 Å². The summed E-state index contributed by atoms with van der Waals surface area (Å²) in [5.41, 5.74) is 1.95. The van der Waals surface area contributed by atoms with Gasteiger partial charge in [0.2, 0.25) is 0 Å². The summed E-state index contributed by atoms with van der Waals surface area (Å²) in [7, 11) is 3.79. The van der Waals surface area contributed by atoms with Crippen LogP contribution in [0.4, 0.5) is 0 Å². The highest BCUT2D eigenvalue weighted by atomic mass is 35.5. The van der Waals surface area contributed by atoms with Gasteiger partial charge in [-0.1, -0.05) is 18.2 Å². The number of para-hydroxylation sites is 1. The van der Waals surface area contributed by atoms with Crippen molar-refractivity contribution in [1.82, 2.24) is 4.57 Å². The van der Waals surface area contributed by atoms with Crippen molar-refractivity contribution in [1.29, 1.82) is 0 Å². The average molecular weight is 239 g/mol. The van der Waals surface area contributed by atoms with Crippen LogP contribution in [-0.2, 0) is 13.6 Å². The first-order chi connectivity index (χ1) is 7.24. The average Bonchev–Trinajstić information content (AvgIpc) is 2.26. The molecule has 0 amide bonds. The minimum Gasteiger partial charge on any atom is -1.00 e. The van der Waals surface area contributed by atoms with E-state index in [1.54, 1.807) is 4.57 Å². The van der Waals surface area contributed by atoms with E-state index in [0.29, 0.717) is 0 Å². The van der Waals surface area contributed by atoms with Gasteiger partial charge in [0.25, 0.3) is 5.56 Å². The first-order valence-corrected chi connectivity index (χ1v) is 5.09. The van der Waals surface area contributed by atoms with Crippen LogP contribution in [0.2, 0.25) is 0 Å². The Bertz CT molecular complexity index is 548. The van der Waals surface area contributed by atoms with Gasteiger partial charge < -0.3 is 22.3 Å². The Morgan fingerprint density at radius 2 is 2.00 bits per heavy atom. The van der Waals surface area contributed by atoms with E-state index in [9.17, 15) is 4.79 Å². The number of benzene rings is 1. The summed E-state index contributed by atoms with van der Waals surface area (Å²) in [5.74, 6) is 0. The van der Waals surface area contributed by atoms with E-state index in [1.807, 2.05) is 49.7 Å². The molecule has 0 aliphatic heterocycles. The number of hydrogen-bond acceptors (Lipinski definition) is 1. The fourth-order valence-corrected chi connectivity index (χ4v) is 1.86. The van der Waals surface area contributed by atoms with Crippen LogP contribution < -0.4 is 23.3 Å². The Hall–Kier alpha value is -1.32. The van der Waals surface area contributed by atoms with Crippen molar-refractivity contribution in [3.05, 3.63) is 46.2 Å². The minimum atomic E-state index is 0. The van der Waals surface area contributed by atoms with Crippen LogP contribution >= 0.6 is 0 Å². The summed E-state index contributed by atoms with van der Waals surface area (Å²) >= 11 is 0. The zero-order chi connectivity index (χ0) is 10.8. The van der Waals surface area contributed by atoms with E-state index < -0.39 is 0 Å². The number of pyridine rings is 1. The van der Waals surface area contributed by atoms with Crippen molar-refractivity contribution >= 4 is 10.9 Å². The fraction of sp³-hybridized carbons (Fsp3) is 0.250. The monoisotopic (exact) mass is 238 g/mol. The lowest BCUT2D eigenvalue weighted by Gasteiger charge is -2.06. The molecule has 1 heterocycles. The number of aromatic nitrogens is 1. The molecule has 2 N–H and O–H groups in total. The molecule has 86 valence electrons. The van der Waals surface area contributed by atoms with Crippen LogP contribution in [0.15, 0.2) is 35.1 Å². The Balaban J connectivity index is 0.00000128. The van der Waals surface area contributed by atoms with Gasteiger partial charge >= 0.3 is 0 Å². The van der Waals surface area contributed by atoms with Crippen molar-refractivity contribution < 1.29 is 17.7 Å². The minimum absolute atomic E-state index is 0. The zero-order valence-electron chi connectivity index (χ0n) is 9.40. The molecule has 2 aromatic rings. The number of hydrogen-bond donors (Lipinski definition) is 1. The summed E-state index contributed by atoms with van der Waals surface area (Å²) in [6.07, 6.45) is 0. The van der Waals surface area contributed by atoms with E-state index in [2.05, 4.69) is 0 Å². The number of quaternary nitrogens is 1. The SMILES string of the molecule is C[NH2+]Cc1cc2ccccc2n(C)c1=O.[Cl-]. The lowest BCUT2D eigenvalue weighted by Crippen LogP contribution is -3.00. The molecule has 0 aliphatic carbocycles. The maximum Gasteiger partial charge on any atom is 0.259 e. The molecule has 4 heteroatoms. The molecule has 16 heavy (non-hydrogen) atoms. The highest BCUT2D eigenvalue weighted by molar-refractivity contribution is 5.79. The molecule has 2 rings (SSSR count). The largest absolute Gasteiger partial charge is 1.00 e. The summed E-state index contributed by atoms with van der Waals surface area (Å²) < 4.78 is 1.72. The molecule has 0 saturated heterocycles. The topological polar surface area (TPSA) is 38.6 Å². The number of fused-ring (bicyclic) bond motifs is 1. The molecule has 3 nitrogen and oxygen atoms in total. The van der Waals surface area contributed by atoms with E-state index in [-0.39, 0.29) is 18.0 Å². The van der Waals surface area contributed by atoms with Crippen LogP contribution in [0.25, 0.3) is 10.9 Å². The van der Waals surface area contributed by atoms with Gasteiger partial charge in [-0.05, 0) is 17.5 Å². The van der Waals surface area contributed by atoms with Gasteiger partial charge in [0.05, 0.1) is 18.1 Å². The standard InChI is InChI=1S/C12H14N2O.ClH/c1-13-8-10-7-9-5-3-4-6-11(9)14(2)12(10)15;/h3-7,13H,8H2,1-2H3;1H. The van der Waals surface area contributed by atoms with Crippen molar-refractivity contribution in [3.63, 3.8) is 0 Å². The molecule has 0 fully saturated rings. The zero-order valence-corrected chi connectivity index (χ0v) is 10.2. The van der Waals surface area contributed by atoms with Crippen LogP contribution in [-0.4, -0.2) is 11.6 Å². The summed E-state index contributed by atoms with van der Waals surface area (Å²) in [6.45, 7) is 0.734. The second-order valence-electron chi connectivity index (χ2n) is 3.70. The Morgan fingerprint density at radius 1 is 1.31 bits per heavy atom. The Kier molecular flexibility index (Phi) is 4.10. The van der Waals surface area contributed by atoms with E-state index in [1.165, 1.54) is 0 Å². The quantitative estimate of drug-likeness (QED) is 0.605. The number of aryl methyl sites for hydroxylation is 1. The molecule has 0 saturated carbocycles. The molecule has 0 unspecified atom stereocenters. The highest BCUT2D eigenvalue weighted by Crippen LogP contribution is 2.11. The molecule has 0 spiro atoms. The van der Waals surface area contributed by atoms with E-state index >= 15 is 0 Å². The number of nitrogens with two attached hydrogens (primary N) is 1. The van der Waals surface area contributed by atoms with Gasteiger partial charge in [0, 0.05) is 7.05 Å². The van der Waals surface area contributed by atoms with Gasteiger partial charge in [-0.25, -0.2) is 0 Å². The first kappa shape index (κ1) is 12.7. The number of halogens is 1. The molecule has 0 aliphatic rings. The highest BCUT2D eigenvalue weighted by Gasteiger charge is 2.06. The molecular formula is C12H15ClN2O. The number of nitrogens with zero attached hydrogens (tertiary/aromatic N) is 1. The predicted molar refractivity (Wildman–Crippen MR) is 60.7 cm³/mol. The molecule has 1 aromatic heterocycles. The van der Waals surface area contributed by atoms with Crippen molar-refractivity contribution in [2.24, 2.45) is 7.05 Å². The molecular weight excluding hydrogens is 224 g/mol. The van der Waals surface area contributed by atoms with Crippen LogP contribution in [0.3, 0.4) is 0 Å². The molecule has 1 aromatic carbocycles. The van der Waals surface area contributed by atoms with Gasteiger partial charge in [0.15, 0.2) is 0 Å². The van der Waals surface area contributed by atoms with Gasteiger partial charge in [-0.2, -0.15) is 0 Å². The van der Waals surface area contributed by atoms with Gasteiger partial charge in [-0.15, -0.1) is 0 Å².